The summed E-state index contributed by atoms with van der Waals surface area (Å²) in [7, 11) is 0. The molecule has 1 aromatic rings. The van der Waals surface area contributed by atoms with Gasteiger partial charge in [-0.05, 0) is 32.8 Å². The Kier molecular flexibility index (Phi) is 6.47. The third-order valence-corrected chi connectivity index (χ3v) is 5.10. The third-order valence-electron chi connectivity index (χ3n) is 5.10. The van der Waals surface area contributed by atoms with E-state index in [1.54, 1.807) is 22.8 Å². The predicted octanol–water partition coefficient (Wildman–Crippen LogP) is 2.44. The van der Waals surface area contributed by atoms with Crippen molar-refractivity contribution >= 4 is 17.9 Å². The van der Waals surface area contributed by atoms with Crippen LogP contribution in [-0.2, 0) is 4.74 Å². The second-order valence-electron chi connectivity index (χ2n) is 7.18. The van der Waals surface area contributed by atoms with Crippen molar-refractivity contribution in [2.75, 3.05) is 38.1 Å². The number of carbonyl (C=O) groups excluding carboxylic acids is 2. The van der Waals surface area contributed by atoms with Gasteiger partial charge in [0.15, 0.2) is 0 Å². The Morgan fingerprint density at radius 1 is 1.11 bits per heavy atom. The standard InChI is InChI=1S/C19H29N5O3/c1-3-27-19(26)24-11-9-23(10-12-24)17(25)16-13-14(2)20-18(22-16)21-15-7-5-4-6-8-15/h13,15H,3-12H2,1-2H3,(H,20,21,22). The topological polar surface area (TPSA) is 87.7 Å². The highest BCUT2D eigenvalue weighted by Crippen LogP contribution is 2.20. The Morgan fingerprint density at radius 3 is 2.44 bits per heavy atom. The van der Waals surface area contributed by atoms with Crippen LogP contribution in [0.5, 0.6) is 0 Å². The maximum Gasteiger partial charge on any atom is 0.409 e. The molecule has 0 radical (unpaired) electrons. The van der Waals surface area contributed by atoms with Gasteiger partial charge in [-0.1, -0.05) is 19.3 Å². The lowest BCUT2D eigenvalue weighted by Crippen LogP contribution is -2.50. The van der Waals surface area contributed by atoms with Crippen LogP contribution in [0.25, 0.3) is 0 Å². The van der Waals surface area contributed by atoms with Gasteiger partial charge < -0.3 is 19.9 Å². The summed E-state index contributed by atoms with van der Waals surface area (Å²) in [5.41, 5.74) is 1.18. The summed E-state index contributed by atoms with van der Waals surface area (Å²) in [5.74, 6) is 0.422. The first-order chi connectivity index (χ1) is 13.1. The molecule has 1 saturated carbocycles. The summed E-state index contributed by atoms with van der Waals surface area (Å²) >= 11 is 0. The Bertz CT molecular complexity index is 667. The minimum atomic E-state index is -0.318. The first-order valence-corrected chi connectivity index (χ1v) is 9.90. The van der Waals surface area contributed by atoms with E-state index in [4.69, 9.17) is 4.74 Å². The molecule has 1 aliphatic heterocycles. The molecule has 148 valence electrons. The number of piperazine rings is 1. The fraction of sp³-hybridized carbons (Fsp3) is 0.684. The Labute approximate surface area is 160 Å². The minimum absolute atomic E-state index is 0.115. The number of anilines is 1. The second kappa shape index (κ2) is 9.01. The summed E-state index contributed by atoms with van der Waals surface area (Å²) in [5, 5.41) is 3.39. The normalized spacial score (nSPS) is 18.3. The molecule has 1 aromatic heterocycles. The smallest absolute Gasteiger partial charge is 0.409 e. The lowest BCUT2D eigenvalue weighted by atomic mass is 9.96. The van der Waals surface area contributed by atoms with Crippen molar-refractivity contribution < 1.29 is 14.3 Å². The number of aryl methyl sites for hydroxylation is 1. The first kappa shape index (κ1) is 19.4. The maximum atomic E-state index is 12.9. The van der Waals surface area contributed by atoms with Crippen molar-refractivity contribution in [2.45, 2.75) is 52.0 Å². The molecule has 2 heterocycles. The number of rotatable bonds is 4. The van der Waals surface area contributed by atoms with E-state index in [-0.39, 0.29) is 12.0 Å². The lowest BCUT2D eigenvalue weighted by molar-refractivity contribution is 0.0566. The molecule has 0 unspecified atom stereocenters. The molecule has 1 saturated heterocycles. The highest BCUT2D eigenvalue weighted by molar-refractivity contribution is 5.92. The van der Waals surface area contributed by atoms with Gasteiger partial charge in [-0.25, -0.2) is 14.8 Å². The molecule has 0 bridgehead atoms. The van der Waals surface area contributed by atoms with Crippen LogP contribution >= 0.6 is 0 Å². The van der Waals surface area contributed by atoms with Gasteiger partial charge in [-0.15, -0.1) is 0 Å². The van der Waals surface area contributed by atoms with Crippen LogP contribution in [0, 0.1) is 6.92 Å². The number of nitrogens with zero attached hydrogens (tertiary/aromatic N) is 4. The number of nitrogens with one attached hydrogen (secondary N) is 1. The fourth-order valence-corrected chi connectivity index (χ4v) is 3.64. The fourth-order valence-electron chi connectivity index (χ4n) is 3.64. The summed E-state index contributed by atoms with van der Waals surface area (Å²) in [6, 6.07) is 2.11. The van der Waals surface area contributed by atoms with Gasteiger partial charge in [0.05, 0.1) is 6.61 Å². The van der Waals surface area contributed by atoms with Crippen molar-refractivity contribution in [2.24, 2.45) is 0 Å². The van der Waals surface area contributed by atoms with E-state index in [0.29, 0.717) is 50.5 Å². The van der Waals surface area contributed by atoms with Gasteiger partial charge >= 0.3 is 6.09 Å². The van der Waals surface area contributed by atoms with Crippen molar-refractivity contribution in [1.29, 1.82) is 0 Å². The molecule has 2 aliphatic rings. The number of ether oxygens (including phenoxy) is 1. The van der Waals surface area contributed by atoms with Crippen molar-refractivity contribution in [3.8, 4) is 0 Å². The summed E-state index contributed by atoms with van der Waals surface area (Å²) in [4.78, 5) is 37.0. The predicted molar refractivity (Wildman–Crippen MR) is 102 cm³/mol. The Balaban J connectivity index is 1.62. The Morgan fingerprint density at radius 2 is 1.78 bits per heavy atom. The average Bonchev–Trinajstić information content (AvgIpc) is 2.68. The first-order valence-electron chi connectivity index (χ1n) is 9.90. The summed E-state index contributed by atoms with van der Waals surface area (Å²) in [6.07, 6.45) is 5.66. The largest absolute Gasteiger partial charge is 0.450 e. The van der Waals surface area contributed by atoms with Crippen LogP contribution in [-0.4, -0.2) is 70.6 Å². The molecule has 0 spiro atoms. The lowest BCUT2D eigenvalue weighted by Gasteiger charge is -2.33. The van der Waals surface area contributed by atoms with E-state index in [1.807, 2.05) is 6.92 Å². The van der Waals surface area contributed by atoms with Crippen molar-refractivity contribution in [1.82, 2.24) is 19.8 Å². The number of carbonyl (C=O) groups is 2. The molecule has 3 rings (SSSR count). The zero-order valence-corrected chi connectivity index (χ0v) is 16.2. The SMILES string of the molecule is CCOC(=O)N1CCN(C(=O)c2cc(C)nc(NC3CCCCC3)n2)CC1. The van der Waals surface area contributed by atoms with E-state index in [0.717, 1.165) is 18.5 Å². The minimum Gasteiger partial charge on any atom is -0.450 e. The number of hydrogen-bond acceptors (Lipinski definition) is 6. The number of hydrogen-bond donors (Lipinski definition) is 1. The van der Waals surface area contributed by atoms with Crippen LogP contribution in [0.4, 0.5) is 10.7 Å². The zero-order chi connectivity index (χ0) is 19.2. The van der Waals surface area contributed by atoms with Gasteiger partial charge in [-0.2, -0.15) is 0 Å². The number of aromatic nitrogens is 2. The molecular weight excluding hydrogens is 346 g/mol. The van der Waals surface area contributed by atoms with Crippen molar-refractivity contribution in [3.63, 3.8) is 0 Å². The zero-order valence-electron chi connectivity index (χ0n) is 16.2. The van der Waals surface area contributed by atoms with Crippen LogP contribution in [0.1, 0.15) is 55.2 Å². The van der Waals surface area contributed by atoms with Crippen LogP contribution in [0.2, 0.25) is 0 Å². The molecule has 27 heavy (non-hydrogen) atoms. The van der Waals surface area contributed by atoms with Crippen molar-refractivity contribution in [3.05, 3.63) is 17.5 Å². The molecule has 2 amide bonds. The molecule has 2 fully saturated rings. The van der Waals surface area contributed by atoms with Gasteiger partial charge in [0.25, 0.3) is 5.91 Å². The van der Waals surface area contributed by atoms with Crippen LogP contribution < -0.4 is 5.32 Å². The van der Waals surface area contributed by atoms with Crippen LogP contribution in [0.15, 0.2) is 6.07 Å². The van der Waals surface area contributed by atoms with Gasteiger partial charge in [0, 0.05) is 37.9 Å². The summed E-state index contributed by atoms with van der Waals surface area (Å²) < 4.78 is 5.02. The van der Waals surface area contributed by atoms with E-state index in [2.05, 4.69) is 15.3 Å². The monoisotopic (exact) mass is 375 g/mol. The van der Waals surface area contributed by atoms with Crippen LogP contribution in [0.3, 0.4) is 0 Å². The Hall–Kier alpha value is -2.38. The molecule has 0 atom stereocenters. The average molecular weight is 375 g/mol. The summed E-state index contributed by atoms with van der Waals surface area (Å²) in [6.45, 7) is 5.92. The molecular formula is C19H29N5O3. The highest BCUT2D eigenvalue weighted by Gasteiger charge is 2.26. The molecule has 0 aromatic carbocycles. The van der Waals surface area contributed by atoms with Gasteiger partial charge in [0.2, 0.25) is 5.95 Å². The molecule has 8 nitrogen and oxygen atoms in total. The molecule has 8 heteroatoms. The van der Waals surface area contributed by atoms with Gasteiger partial charge in [0.1, 0.15) is 5.69 Å². The van der Waals surface area contributed by atoms with E-state index in [1.165, 1.54) is 19.3 Å². The van der Waals surface area contributed by atoms with E-state index >= 15 is 0 Å². The quantitative estimate of drug-likeness (QED) is 0.870. The van der Waals surface area contributed by atoms with Gasteiger partial charge in [-0.3, -0.25) is 4.79 Å². The second-order valence-corrected chi connectivity index (χ2v) is 7.18. The molecule has 1 aliphatic carbocycles. The highest BCUT2D eigenvalue weighted by atomic mass is 16.6. The molecule has 1 N–H and O–H groups in total. The third kappa shape index (κ3) is 5.08. The van der Waals surface area contributed by atoms with E-state index in [9.17, 15) is 9.59 Å². The maximum absolute atomic E-state index is 12.9. The van der Waals surface area contributed by atoms with E-state index < -0.39 is 0 Å². The number of amides is 2.